The fourth-order valence-corrected chi connectivity index (χ4v) is 5.03. The zero-order chi connectivity index (χ0) is 19.4. The second kappa shape index (κ2) is 8.95. The Labute approximate surface area is 172 Å². The SMILES string of the molecule is Cc1ccc(Cc2cnc(NC(=O)CCCN3C(=O)C(C)SC3=S)s2)cc1. The quantitative estimate of drug-likeness (QED) is 0.687. The number of rotatable bonds is 7. The summed E-state index contributed by atoms with van der Waals surface area (Å²) in [5.41, 5.74) is 2.46. The summed E-state index contributed by atoms with van der Waals surface area (Å²) in [6.45, 7) is 4.40. The minimum atomic E-state index is -0.117. The molecule has 2 aromatic rings. The van der Waals surface area contributed by atoms with Crippen LogP contribution in [0.5, 0.6) is 0 Å². The van der Waals surface area contributed by atoms with E-state index >= 15 is 0 Å². The van der Waals surface area contributed by atoms with Crippen molar-refractivity contribution in [1.82, 2.24) is 9.88 Å². The Morgan fingerprint density at radius 3 is 2.74 bits per heavy atom. The van der Waals surface area contributed by atoms with E-state index in [1.807, 2.05) is 6.92 Å². The maximum atomic E-state index is 12.1. The number of benzene rings is 1. The Morgan fingerprint density at radius 2 is 2.07 bits per heavy atom. The van der Waals surface area contributed by atoms with Crippen LogP contribution in [0.15, 0.2) is 30.5 Å². The van der Waals surface area contributed by atoms with Crippen LogP contribution in [-0.4, -0.2) is 37.8 Å². The standard InChI is InChI=1S/C19H21N3O2S3/c1-12-5-7-14(8-6-12)10-15-11-20-18(27-15)21-16(23)4-3-9-22-17(24)13(2)26-19(22)25/h5-8,11,13H,3-4,9-10H2,1-2H3,(H,20,21,23). The number of aromatic nitrogens is 1. The van der Waals surface area contributed by atoms with Gasteiger partial charge in [0, 0.05) is 30.5 Å². The van der Waals surface area contributed by atoms with E-state index in [1.54, 1.807) is 11.1 Å². The minimum absolute atomic E-state index is 0.0334. The molecule has 2 amide bonds. The fourth-order valence-electron chi connectivity index (χ4n) is 2.71. The van der Waals surface area contributed by atoms with Crippen LogP contribution in [0.1, 0.15) is 35.8 Å². The number of anilines is 1. The van der Waals surface area contributed by atoms with Crippen molar-refractivity contribution in [1.29, 1.82) is 0 Å². The predicted molar refractivity (Wildman–Crippen MR) is 115 cm³/mol. The number of nitrogens with one attached hydrogen (secondary N) is 1. The molecular formula is C19H21N3O2S3. The molecule has 3 rings (SSSR count). The number of carbonyl (C=O) groups is 2. The van der Waals surface area contributed by atoms with E-state index in [4.69, 9.17) is 12.2 Å². The van der Waals surface area contributed by atoms with Crippen LogP contribution >= 0.6 is 35.3 Å². The third-order valence-electron chi connectivity index (χ3n) is 4.20. The van der Waals surface area contributed by atoms with Gasteiger partial charge in [-0.1, -0.05) is 53.8 Å². The van der Waals surface area contributed by atoms with Gasteiger partial charge in [-0.15, -0.1) is 11.3 Å². The summed E-state index contributed by atoms with van der Waals surface area (Å²) in [4.78, 5) is 31.1. The fraction of sp³-hybridized carbons (Fsp3) is 0.368. The number of thiocarbonyl (C=S) groups is 1. The third kappa shape index (κ3) is 5.37. The highest BCUT2D eigenvalue weighted by Gasteiger charge is 2.33. The molecule has 1 fully saturated rings. The number of carbonyl (C=O) groups excluding carboxylic acids is 2. The molecule has 1 aromatic heterocycles. The lowest BCUT2D eigenvalue weighted by Gasteiger charge is -2.14. The average Bonchev–Trinajstić information content (AvgIpc) is 3.15. The van der Waals surface area contributed by atoms with Gasteiger partial charge < -0.3 is 5.32 Å². The molecule has 2 heterocycles. The first-order valence-corrected chi connectivity index (χ1v) is 10.8. The van der Waals surface area contributed by atoms with Gasteiger partial charge in [0.2, 0.25) is 11.8 Å². The minimum Gasteiger partial charge on any atom is -0.302 e. The molecule has 8 heteroatoms. The van der Waals surface area contributed by atoms with Crippen molar-refractivity contribution in [3.8, 4) is 0 Å². The molecular weight excluding hydrogens is 398 g/mol. The summed E-state index contributed by atoms with van der Waals surface area (Å²) in [6.07, 6.45) is 3.52. The van der Waals surface area contributed by atoms with Gasteiger partial charge in [-0.25, -0.2) is 4.98 Å². The van der Waals surface area contributed by atoms with Gasteiger partial charge in [0.25, 0.3) is 0 Å². The van der Waals surface area contributed by atoms with Gasteiger partial charge in [0.1, 0.15) is 4.32 Å². The molecule has 0 bridgehead atoms. The second-order valence-corrected chi connectivity index (χ2v) is 9.55. The summed E-state index contributed by atoms with van der Waals surface area (Å²) in [7, 11) is 0. The second-order valence-electron chi connectivity index (χ2n) is 6.46. The molecule has 0 aliphatic carbocycles. The maximum Gasteiger partial charge on any atom is 0.241 e. The van der Waals surface area contributed by atoms with Gasteiger partial charge in [-0.2, -0.15) is 0 Å². The molecule has 5 nitrogen and oxygen atoms in total. The first-order valence-electron chi connectivity index (χ1n) is 8.74. The van der Waals surface area contributed by atoms with Crippen molar-refractivity contribution in [2.24, 2.45) is 0 Å². The van der Waals surface area contributed by atoms with Crippen molar-refractivity contribution in [3.05, 3.63) is 46.5 Å². The van der Waals surface area contributed by atoms with Gasteiger partial charge in [-0.05, 0) is 25.8 Å². The molecule has 1 atom stereocenters. The molecule has 0 spiro atoms. The lowest BCUT2D eigenvalue weighted by molar-refractivity contribution is -0.126. The monoisotopic (exact) mass is 419 g/mol. The normalized spacial score (nSPS) is 16.8. The van der Waals surface area contributed by atoms with Crippen molar-refractivity contribution >= 4 is 56.6 Å². The largest absolute Gasteiger partial charge is 0.302 e. The van der Waals surface area contributed by atoms with Gasteiger partial charge in [0.15, 0.2) is 5.13 Å². The van der Waals surface area contributed by atoms with Crippen LogP contribution in [0.2, 0.25) is 0 Å². The van der Waals surface area contributed by atoms with Crippen LogP contribution in [0, 0.1) is 6.92 Å². The van der Waals surface area contributed by atoms with E-state index in [9.17, 15) is 9.59 Å². The smallest absolute Gasteiger partial charge is 0.241 e. The summed E-state index contributed by atoms with van der Waals surface area (Å²) in [6, 6.07) is 8.40. The summed E-state index contributed by atoms with van der Waals surface area (Å²) in [5.74, 6) is -0.0596. The van der Waals surface area contributed by atoms with E-state index in [2.05, 4.69) is 41.5 Å². The molecule has 1 aliphatic heterocycles. The highest BCUT2D eigenvalue weighted by atomic mass is 32.2. The van der Waals surface area contributed by atoms with Crippen LogP contribution in [0.3, 0.4) is 0 Å². The number of hydrogen-bond acceptors (Lipinski definition) is 6. The number of thioether (sulfide) groups is 1. The number of hydrogen-bond donors (Lipinski definition) is 1. The number of aryl methyl sites for hydroxylation is 1. The van der Waals surface area contributed by atoms with E-state index < -0.39 is 0 Å². The average molecular weight is 420 g/mol. The summed E-state index contributed by atoms with van der Waals surface area (Å²) < 4.78 is 0.605. The first kappa shape index (κ1) is 20.0. The van der Waals surface area contributed by atoms with Crippen LogP contribution in [0.25, 0.3) is 0 Å². The topological polar surface area (TPSA) is 62.3 Å². The molecule has 1 aliphatic rings. The van der Waals surface area contributed by atoms with Crippen LogP contribution in [0.4, 0.5) is 5.13 Å². The zero-order valence-corrected chi connectivity index (χ0v) is 17.7. The van der Waals surface area contributed by atoms with Crippen molar-refractivity contribution < 1.29 is 9.59 Å². The zero-order valence-electron chi connectivity index (χ0n) is 15.2. The first-order chi connectivity index (χ1) is 12.9. The third-order valence-corrected chi connectivity index (χ3v) is 6.60. The van der Waals surface area contributed by atoms with E-state index in [-0.39, 0.29) is 17.1 Å². The van der Waals surface area contributed by atoms with E-state index in [0.29, 0.717) is 28.8 Å². The highest BCUT2D eigenvalue weighted by Crippen LogP contribution is 2.27. The molecule has 1 saturated heterocycles. The molecule has 1 N–H and O–H groups in total. The van der Waals surface area contributed by atoms with E-state index in [0.717, 1.165) is 11.3 Å². The molecule has 0 radical (unpaired) electrons. The lowest BCUT2D eigenvalue weighted by Crippen LogP contribution is -2.32. The Kier molecular flexibility index (Phi) is 6.62. The maximum absolute atomic E-state index is 12.1. The Morgan fingerprint density at radius 1 is 1.33 bits per heavy atom. The molecule has 1 aromatic carbocycles. The van der Waals surface area contributed by atoms with Crippen molar-refractivity contribution in [2.45, 2.75) is 38.4 Å². The molecule has 27 heavy (non-hydrogen) atoms. The number of nitrogens with zero attached hydrogens (tertiary/aromatic N) is 2. The predicted octanol–water partition coefficient (Wildman–Crippen LogP) is 4.01. The van der Waals surface area contributed by atoms with Gasteiger partial charge in [-0.3, -0.25) is 14.5 Å². The van der Waals surface area contributed by atoms with E-state index in [1.165, 1.54) is 34.2 Å². The van der Waals surface area contributed by atoms with Crippen LogP contribution < -0.4 is 5.32 Å². The number of amides is 2. The molecule has 0 saturated carbocycles. The molecule has 1 unspecified atom stereocenters. The summed E-state index contributed by atoms with van der Waals surface area (Å²) >= 11 is 8.09. The Bertz CT molecular complexity index is 848. The van der Waals surface area contributed by atoms with Crippen molar-refractivity contribution in [2.75, 3.05) is 11.9 Å². The molecule has 142 valence electrons. The van der Waals surface area contributed by atoms with Gasteiger partial charge >= 0.3 is 0 Å². The van der Waals surface area contributed by atoms with Crippen molar-refractivity contribution in [3.63, 3.8) is 0 Å². The Hall–Kier alpha value is -1.77. The van der Waals surface area contributed by atoms with Crippen LogP contribution in [-0.2, 0) is 16.0 Å². The van der Waals surface area contributed by atoms with Gasteiger partial charge in [0.05, 0.1) is 5.25 Å². The Balaban J connectivity index is 1.44. The lowest BCUT2D eigenvalue weighted by atomic mass is 10.1. The summed E-state index contributed by atoms with van der Waals surface area (Å²) in [5, 5.41) is 3.33. The highest BCUT2D eigenvalue weighted by molar-refractivity contribution is 8.24. The number of thiazole rings is 1.